The standard InChI is InChI=1S/C15H22N2O/c1-12-4-2-5-13(8-12)9-15(18)17-11-14-6-3-7-16-10-14/h2,4-5,8,14,16H,3,6-7,9-11H2,1H3,(H,17,18)/t14-/m1/s1. The first-order chi connectivity index (χ1) is 8.74. The van der Waals surface area contributed by atoms with E-state index in [9.17, 15) is 4.79 Å². The highest BCUT2D eigenvalue weighted by atomic mass is 16.1. The van der Waals surface area contributed by atoms with Crippen LogP contribution in [0.1, 0.15) is 24.0 Å². The molecule has 1 saturated heterocycles. The molecule has 1 aromatic rings. The highest BCUT2D eigenvalue weighted by Crippen LogP contribution is 2.09. The number of carbonyl (C=O) groups excluding carboxylic acids is 1. The summed E-state index contributed by atoms with van der Waals surface area (Å²) in [5, 5.41) is 6.41. The minimum Gasteiger partial charge on any atom is -0.355 e. The Hall–Kier alpha value is -1.35. The number of amides is 1. The molecule has 0 unspecified atom stereocenters. The number of nitrogens with one attached hydrogen (secondary N) is 2. The summed E-state index contributed by atoms with van der Waals surface area (Å²) in [5.41, 5.74) is 2.30. The summed E-state index contributed by atoms with van der Waals surface area (Å²) in [6.45, 7) is 5.01. The van der Waals surface area contributed by atoms with Crippen LogP contribution < -0.4 is 10.6 Å². The van der Waals surface area contributed by atoms with Crippen LogP contribution in [0, 0.1) is 12.8 Å². The summed E-state index contributed by atoms with van der Waals surface area (Å²) in [5.74, 6) is 0.728. The van der Waals surface area contributed by atoms with E-state index in [0.717, 1.165) is 25.2 Å². The molecule has 0 aliphatic carbocycles. The first-order valence-electron chi connectivity index (χ1n) is 6.77. The van der Waals surface area contributed by atoms with Gasteiger partial charge in [-0.2, -0.15) is 0 Å². The van der Waals surface area contributed by atoms with Crippen molar-refractivity contribution in [2.24, 2.45) is 5.92 Å². The minimum absolute atomic E-state index is 0.131. The van der Waals surface area contributed by atoms with Crippen LogP contribution in [0.4, 0.5) is 0 Å². The molecule has 0 aromatic heterocycles. The number of carbonyl (C=O) groups is 1. The maximum absolute atomic E-state index is 11.8. The Morgan fingerprint density at radius 3 is 3.11 bits per heavy atom. The fourth-order valence-corrected chi connectivity index (χ4v) is 2.43. The molecule has 3 heteroatoms. The van der Waals surface area contributed by atoms with Gasteiger partial charge in [-0.25, -0.2) is 0 Å². The van der Waals surface area contributed by atoms with Gasteiger partial charge in [-0.1, -0.05) is 29.8 Å². The molecule has 1 aliphatic rings. The van der Waals surface area contributed by atoms with E-state index >= 15 is 0 Å². The van der Waals surface area contributed by atoms with Gasteiger partial charge in [0.1, 0.15) is 0 Å². The third-order valence-corrected chi connectivity index (χ3v) is 3.43. The fourth-order valence-electron chi connectivity index (χ4n) is 2.43. The Labute approximate surface area is 109 Å². The first kappa shape index (κ1) is 13.1. The van der Waals surface area contributed by atoms with Crippen LogP contribution in [0.15, 0.2) is 24.3 Å². The van der Waals surface area contributed by atoms with Crippen molar-refractivity contribution in [1.82, 2.24) is 10.6 Å². The molecule has 0 bridgehead atoms. The van der Waals surface area contributed by atoms with Crippen LogP contribution in [0.3, 0.4) is 0 Å². The highest BCUT2D eigenvalue weighted by Gasteiger charge is 2.13. The van der Waals surface area contributed by atoms with Crippen molar-refractivity contribution < 1.29 is 4.79 Å². The van der Waals surface area contributed by atoms with Gasteiger partial charge in [0, 0.05) is 6.54 Å². The number of hydrogen-bond donors (Lipinski definition) is 2. The van der Waals surface area contributed by atoms with Crippen molar-refractivity contribution in [1.29, 1.82) is 0 Å². The quantitative estimate of drug-likeness (QED) is 0.848. The zero-order valence-corrected chi connectivity index (χ0v) is 11.0. The largest absolute Gasteiger partial charge is 0.355 e. The molecule has 1 fully saturated rings. The minimum atomic E-state index is 0.131. The molecular weight excluding hydrogens is 224 g/mol. The van der Waals surface area contributed by atoms with Crippen LogP contribution >= 0.6 is 0 Å². The normalized spacial score (nSPS) is 19.5. The average Bonchev–Trinajstić information content (AvgIpc) is 2.38. The fraction of sp³-hybridized carbons (Fsp3) is 0.533. The van der Waals surface area contributed by atoms with Crippen molar-refractivity contribution >= 4 is 5.91 Å². The lowest BCUT2D eigenvalue weighted by Gasteiger charge is -2.22. The van der Waals surface area contributed by atoms with Gasteiger partial charge < -0.3 is 10.6 Å². The number of hydrogen-bond acceptors (Lipinski definition) is 2. The van der Waals surface area contributed by atoms with Crippen LogP contribution in [0.5, 0.6) is 0 Å². The van der Waals surface area contributed by atoms with E-state index in [1.165, 1.54) is 18.4 Å². The Morgan fingerprint density at radius 1 is 1.50 bits per heavy atom. The molecule has 98 valence electrons. The topological polar surface area (TPSA) is 41.1 Å². The summed E-state index contributed by atoms with van der Waals surface area (Å²) in [7, 11) is 0. The van der Waals surface area contributed by atoms with Crippen LogP contribution in [0.2, 0.25) is 0 Å². The second kappa shape index (κ2) is 6.55. The number of rotatable bonds is 4. The number of benzene rings is 1. The molecule has 3 nitrogen and oxygen atoms in total. The van der Waals surface area contributed by atoms with Crippen molar-refractivity contribution in [2.45, 2.75) is 26.2 Å². The van der Waals surface area contributed by atoms with Gasteiger partial charge in [0.15, 0.2) is 0 Å². The second-order valence-electron chi connectivity index (χ2n) is 5.18. The molecular formula is C15H22N2O. The van der Waals surface area contributed by atoms with Gasteiger partial charge in [-0.15, -0.1) is 0 Å². The summed E-state index contributed by atoms with van der Waals surface area (Å²) in [4.78, 5) is 11.8. The van der Waals surface area contributed by atoms with Crippen LogP contribution in [-0.2, 0) is 11.2 Å². The summed E-state index contributed by atoms with van der Waals surface area (Å²) in [6.07, 6.45) is 2.93. The second-order valence-corrected chi connectivity index (χ2v) is 5.18. The maximum Gasteiger partial charge on any atom is 0.224 e. The van der Waals surface area contributed by atoms with Gasteiger partial charge in [0.05, 0.1) is 6.42 Å². The van der Waals surface area contributed by atoms with E-state index in [-0.39, 0.29) is 5.91 Å². The predicted molar refractivity (Wildman–Crippen MR) is 73.5 cm³/mol. The molecule has 0 radical (unpaired) electrons. The molecule has 2 N–H and O–H groups in total. The first-order valence-corrected chi connectivity index (χ1v) is 6.77. The molecule has 18 heavy (non-hydrogen) atoms. The number of aryl methyl sites for hydroxylation is 1. The Bertz CT molecular complexity index is 397. The Kier molecular flexibility index (Phi) is 4.76. The van der Waals surface area contributed by atoms with E-state index in [1.54, 1.807) is 0 Å². The SMILES string of the molecule is Cc1cccc(CC(=O)NC[C@@H]2CCCNC2)c1. The van der Waals surface area contributed by atoms with E-state index in [2.05, 4.69) is 29.7 Å². The van der Waals surface area contributed by atoms with Gasteiger partial charge >= 0.3 is 0 Å². The lowest BCUT2D eigenvalue weighted by Crippen LogP contribution is -2.38. The van der Waals surface area contributed by atoms with E-state index in [4.69, 9.17) is 0 Å². The zero-order chi connectivity index (χ0) is 12.8. The Morgan fingerprint density at radius 2 is 2.39 bits per heavy atom. The molecule has 1 aromatic carbocycles. The monoisotopic (exact) mass is 246 g/mol. The molecule has 1 amide bonds. The lowest BCUT2D eigenvalue weighted by atomic mass is 9.99. The summed E-state index contributed by atoms with van der Waals surface area (Å²) >= 11 is 0. The maximum atomic E-state index is 11.8. The third kappa shape index (κ3) is 4.15. The molecule has 0 spiro atoms. The number of piperidine rings is 1. The highest BCUT2D eigenvalue weighted by molar-refractivity contribution is 5.78. The van der Waals surface area contributed by atoms with Gasteiger partial charge in [0.2, 0.25) is 5.91 Å². The van der Waals surface area contributed by atoms with Crippen LogP contribution in [-0.4, -0.2) is 25.5 Å². The third-order valence-electron chi connectivity index (χ3n) is 3.43. The molecule has 1 aliphatic heterocycles. The zero-order valence-electron chi connectivity index (χ0n) is 11.0. The summed E-state index contributed by atoms with van der Waals surface area (Å²) in [6, 6.07) is 8.13. The van der Waals surface area contributed by atoms with Crippen molar-refractivity contribution in [2.75, 3.05) is 19.6 Å². The van der Waals surface area contributed by atoms with Crippen molar-refractivity contribution in [3.8, 4) is 0 Å². The molecule has 1 atom stereocenters. The Balaban J connectivity index is 1.74. The van der Waals surface area contributed by atoms with Gasteiger partial charge in [-0.3, -0.25) is 4.79 Å². The lowest BCUT2D eigenvalue weighted by molar-refractivity contribution is -0.120. The van der Waals surface area contributed by atoms with Gasteiger partial charge in [-0.05, 0) is 44.3 Å². The molecule has 2 rings (SSSR count). The van der Waals surface area contributed by atoms with Crippen LogP contribution in [0.25, 0.3) is 0 Å². The van der Waals surface area contributed by atoms with Gasteiger partial charge in [0.25, 0.3) is 0 Å². The molecule has 0 saturated carbocycles. The van der Waals surface area contributed by atoms with E-state index in [0.29, 0.717) is 12.3 Å². The van der Waals surface area contributed by atoms with Crippen molar-refractivity contribution in [3.05, 3.63) is 35.4 Å². The summed E-state index contributed by atoms with van der Waals surface area (Å²) < 4.78 is 0. The average molecular weight is 246 g/mol. The molecule has 1 heterocycles. The van der Waals surface area contributed by atoms with E-state index < -0.39 is 0 Å². The van der Waals surface area contributed by atoms with E-state index in [1.807, 2.05) is 12.1 Å². The smallest absolute Gasteiger partial charge is 0.224 e. The predicted octanol–water partition coefficient (Wildman–Crippen LogP) is 1.65. The van der Waals surface area contributed by atoms with Crippen molar-refractivity contribution in [3.63, 3.8) is 0 Å².